The molecule has 3 atom stereocenters. The van der Waals surface area contributed by atoms with E-state index in [0.29, 0.717) is 12.0 Å². The molecule has 0 aromatic carbocycles. The SMILES string of the molecule is CC(C)(C)OC(=O)C1CC2CCNCC2N1. The summed E-state index contributed by atoms with van der Waals surface area (Å²) in [5, 5.41) is 6.73. The molecule has 0 radical (unpaired) electrons. The Balaban J connectivity index is 1.90. The average Bonchev–Trinajstić information content (AvgIpc) is 2.58. The highest BCUT2D eigenvalue weighted by atomic mass is 16.6. The Bertz CT molecular complexity index is 259. The van der Waals surface area contributed by atoms with E-state index < -0.39 is 0 Å². The number of piperidine rings is 1. The summed E-state index contributed by atoms with van der Waals surface area (Å²) in [7, 11) is 0. The van der Waals surface area contributed by atoms with Gasteiger partial charge >= 0.3 is 5.97 Å². The molecule has 0 bridgehead atoms. The van der Waals surface area contributed by atoms with Crippen molar-refractivity contribution in [2.45, 2.75) is 51.3 Å². The highest BCUT2D eigenvalue weighted by Crippen LogP contribution is 2.26. The first-order chi connectivity index (χ1) is 7.46. The third-order valence-corrected chi connectivity index (χ3v) is 3.27. The first-order valence-electron chi connectivity index (χ1n) is 6.15. The van der Waals surface area contributed by atoms with E-state index >= 15 is 0 Å². The van der Waals surface area contributed by atoms with Crippen LogP contribution in [0.15, 0.2) is 0 Å². The lowest BCUT2D eigenvalue weighted by Crippen LogP contribution is -2.46. The largest absolute Gasteiger partial charge is 0.459 e. The number of rotatable bonds is 1. The zero-order valence-corrected chi connectivity index (χ0v) is 10.4. The van der Waals surface area contributed by atoms with E-state index in [4.69, 9.17) is 4.74 Å². The maximum atomic E-state index is 11.9. The van der Waals surface area contributed by atoms with Crippen molar-refractivity contribution >= 4 is 5.97 Å². The molecule has 2 aliphatic heterocycles. The van der Waals surface area contributed by atoms with Crippen molar-refractivity contribution in [1.82, 2.24) is 10.6 Å². The van der Waals surface area contributed by atoms with Crippen LogP contribution in [0.3, 0.4) is 0 Å². The van der Waals surface area contributed by atoms with E-state index in [1.807, 2.05) is 20.8 Å². The first-order valence-corrected chi connectivity index (χ1v) is 6.15. The molecule has 0 aromatic rings. The number of nitrogens with one attached hydrogen (secondary N) is 2. The van der Waals surface area contributed by atoms with E-state index in [9.17, 15) is 4.79 Å². The number of fused-ring (bicyclic) bond motifs is 1. The smallest absolute Gasteiger partial charge is 0.323 e. The molecular formula is C12H22N2O2. The van der Waals surface area contributed by atoms with Gasteiger partial charge in [-0.2, -0.15) is 0 Å². The minimum atomic E-state index is -0.384. The molecule has 3 unspecified atom stereocenters. The Labute approximate surface area is 97.1 Å². The monoisotopic (exact) mass is 226 g/mol. The second kappa shape index (κ2) is 4.34. The van der Waals surface area contributed by atoms with E-state index in [-0.39, 0.29) is 17.6 Å². The van der Waals surface area contributed by atoms with Gasteiger partial charge in [-0.05, 0) is 46.1 Å². The van der Waals surface area contributed by atoms with Crippen LogP contribution in [0.1, 0.15) is 33.6 Å². The maximum absolute atomic E-state index is 11.9. The lowest BCUT2D eigenvalue weighted by Gasteiger charge is -2.25. The summed E-state index contributed by atoms with van der Waals surface area (Å²) in [6.45, 7) is 7.78. The number of hydrogen-bond acceptors (Lipinski definition) is 4. The Morgan fingerprint density at radius 2 is 2.12 bits per heavy atom. The number of esters is 1. The van der Waals surface area contributed by atoms with Crippen LogP contribution < -0.4 is 10.6 Å². The van der Waals surface area contributed by atoms with Crippen LogP contribution in [0.5, 0.6) is 0 Å². The molecule has 2 saturated heterocycles. The minimum Gasteiger partial charge on any atom is -0.459 e. The molecule has 2 rings (SSSR count). The first kappa shape index (κ1) is 11.9. The molecule has 16 heavy (non-hydrogen) atoms. The van der Waals surface area contributed by atoms with Gasteiger partial charge in [-0.15, -0.1) is 0 Å². The van der Waals surface area contributed by atoms with Crippen LogP contribution in [0.25, 0.3) is 0 Å². The lowest BCUT2D eigenvalue weighted by molar-refractivity contribution is -0.157. The van der Waals surface area contributed by atoms with Crippen molar-refractivity contribution in [2.75, 3.05) is 13.1 Å². The van der Waals surface area contributed by atoms with Gasteiger partial charge in [-0.25, -0.2) is 0 Å². The molecule has 4 heteroatoms. The molecule has 0 aliphatic carbocycles. The van der Waals surface area contributed by atoms with Gasteiger partial charge in [-0.3, -0.25) is 4.79 Å². The molecule has 2 aliphatic rings. The van der Waals surface area contributed by atoms with Crippen molar-refractivity contribution < 1.29 is 9.53 Å². The Hall–Kier alpha value is -0.610. The predicted molar refractivity (Wildman–Crippen MR) is 62.2 cm³/mol. The standard InChI is InChI=1S/C12H22N2O2/c1-12(2,3)16-11(15)9-6-8-4-5-13-7-10(8)14-9/h8-10,13-14H,4-7H2,1-3H3. The minimum absolute atomic E-state index is 0.0955. The van der Waals surface area contributed by atoms with Gasteiger partial charge in [0.1, 0.15) is 11.6 Å². The number of hydrogen-bond donors (Lipinski definition) is 2. The molecule has 4 nitrogen and oxygen atoms in total. The summed E-state index contributed by atoms with van der Waals surface area (Å²) in [6, 6.07) is 0.348. The van der Waals surface area contributed by atoms with Crippen LogP contribution in [0, 0.1) is 5.92 Å². The second-order valence-electron chi connectivity index (χ2n) is 5.85. The Morgan fingerprint density at radius 1 is 1.38 bits per heavy atom. The summed E-state index contributed by atoms with van der Waals surface area (Å²) in [5.74, 6) is 0.542. The van der Waals surface area contributed by atoms with Gasteiger partial charge in [0.15, 0.2) is 0 Å². The molecule has 2 fully saturated rings. The van der Waals surface area contributed by atoms with E-state index in [1.54, 1.807) is 0 Å². The van der Waals surface area contributed by atoms with Crippen LogP contribution >= 0.6 is 0 Å². The van der Waals surface area contributed by atoms with Crippen LogP contribution in [0.4, 0.5) is 0 Å². The molecular weight excluding hydrogens is 204 g/mol. The molecule has 2 heterocycles. The van der Waals surface area contributed by atoms with E-state index in [0.717, 1.165) is 25.9 Å². The van der Waals surface area contributed by atoms with Crippen molar-refractivity contribution in [1.29, 1.82) is 0 Å². The van der Waals surface area contributed by atoms with Crippen LogP contribution in [-0.2, 0) is 9.53 Å². The molecule has 0 saturated carbocycles. The fourth-order valence-corrected chi connectivity index (χ4v) is 2.56. The van der Waals surface area contributed by atoms with Crippen molar-refractivity contribution in [3.63, 3.8) is 0 Å². The Kier molecular flexibility index (Phi) is 3.22. The highest BCUT2D eigenvalue weighted by Gasteiger charge is 2.39. The molecule has 92 valence electrons. The number of carbonyl (C=O) groups excluding carboxylic acids is 1. The van der Waals surface area contributed by atoms with Gasteiger partial charge < -0.3 is 15.4 Å². The highest BCUT2D eigenvalue weighted by molar-refractivity contribution is 5.76. The van der Waals surface area contributed by atoms with Crippen LogP contribution in [-0.4, -0.2) is 36.7 Å². The number of carbonyl (C=O) groups is 1. The van der Waals surface area contributed by atoms with Crippen molar-refractivity contribution in [3.05, 3.63) is 0 Å². The maximum Gasteiger partial charge on any atom is 0.323 e. The summed E-state index contributed by atoms with van der Waals surface area (Å²) < 4.78 is 5.41. The molecule has 0 aromatic heterocycles. The topological polar surface area (TPSA) is 50.4 Å². The summed E-state index contributed by atoms with van der Waals surface area (Å²) in [5.41, 5.74) is -0.384. The second-order valence-corrected chi connectivity index (χ2v) is 5.85. The van der Waals surface area contributed by atoms with Crippen molar-refractivity contribution in [3.8, 4) is 0 Å². The zero-order chi connectivity index (χ0) is 11.8. The molecule has 0 amide bonds. The number of ether oxygens (including phenoxy) is 1. The summed E-state index contributed by atoms with van der Waals surface area (Å²) in [6.07, 6.45) is 2.10. The average molecular weight is 226 g/mol. The lowest BCUT2D eigenvalue weighted by atomic mass is 9.92. The van der Waals surface area contributed by atoms with E-state index in [2.05, 4.69) is 10.6 Å². The van der Waals surface area contributed by atoms with Gasteiger partial charge in [-0.1, -0.05) is 0 Å². The fraction of sp³-hybridized carbons (Fsp3) is 0.917. The normalized spacial score (nSPS) is 34.6. The summed E-state index contributed by atoms with van der Waals surface area (Å²) >= 11 is 0. The van der Waals surface area contributed by atoms with Crippen molar-refractivity contribution in [2.24, 2.45) is 5.92 Å². The van der Waals surface area contributed by atoms with Gasteiger partial charge in [0.05, 0.1) is 0 Å². The molecule has 0 spiro atoms. The Morgan fingerprint density at radius 3 is 2.75 bits per heavy atom. The van der Waals surface area contributed by atoms with Gasteiger partial charge in [0.25, 0.3) is 0 Å². The zero-order valence-electron chi connectivity index (χ0n) is 10.4. The predicted octanol–water partition coefficient (Wildman–Crippen LogP) is 0.668. The quantitative estimate of drug-likeness (QED) is 0.645. The molecule has 2 N–H and O–H groups in total. The van der Waals surface area contributed by atoms with Gasteiger partial charge in [0.2, 0.25) is 0 Å². The third kappa shape index (κ3) is 2.74. The fourth-order valence-electron chi connectivity index (χ4n) is 2.56. The van der Waals surface area contributed by atoms with Crippen LogP contribution in [0.2, 0.25) is 0 Å². The van der Waals surface area contributed by atoms with E-state index in [1.165, 1.54) is 0 Å². The van der Waals surface area contributed by atoms with Gasteiger partial charge in [0, 0.05) is 12.6 Å². The summed E-state index contributed by atoms with van der Waals surface area (Å²) in [4.78, 5) is 11.9. The third-order valence-electron chi connectivity index (χ3n) is 3.27.